The summed E-state index contributed by atoms with van der Waals surface area (Å²) in [7, 11) is -3.63. The van der Waals surface area contributed by atoms with Crippen LogP contribution >= 0.6 is 11.6 Å². The van der Waals surface area contributed by atoms with Gasteiger partial charge in [-0.2, -0.15) is 0 Å². The fraction of sp³-hybridized carbons (Fsp3) is 0.167. The molecule has 2 aromatic heterocycles. The highest BCUT2D eigenvalue weighted by molar-refractivity contribution is 7.89. The molecule has 0 amide bonds. The van der Waals surface area contributed by atoms with Crippen molar-refractivity contribution in [3.8, 4) is 0 Å². The van der Waals surface area contributed by atoms with E-state index in [1.54, 1.807) is 11.0 Å². The monoisotopic (exact) mass is 393 g/mol. The van der Waals surface area contributed by atoms with E-state index in [9.17, 15) is 16.8 Å². The molecular weight excluding hydrogens is 378 g/mol. The molecule has 0 aliphatic heterocycles. The van der Waals surface area contributed by atoms with E-state index >= 15 is 0 Å². The van der Waals surface area contributed by atoms with Crippen LogP contribution in [0.2, 0.25) is 5.15 Å². The molecule has 0 spiro atoms. The molecule has 24 heavy (non-hydrogen) atoms. The highest BCUT2D eigenvalue weighted by Gasteiger charge is 2.08. The van der Waals surface area contributed by atoms with Crippen molar-refractivity contribution < 1.29 is 16.8 Å². The maximum Gasteiger partial charge on any atom is 0.239 e. The van der Waals surface area contributed by atoms with E-state index in [1.165, 1.54) is 24.4 Å². The lowest BCUT2D eigenvalue weighted by atomic mass is 10.4. The number of rotatable bonds is 3. The van der Waals surface area contributed by atoms with Crippen LogP contribution in [-0.4, -0.2) is 40.9 Å². The molecule has 4 N–H and O–H groups in total. The molecule has 0 aliphatic rings. The largest absolute Gasteiger partial charge is 0.363 e. The first-order valence-electron chi connectivity index (χ1n) is 6.22. The Morgan fingerprint density at radius 3 is 1.62 bits per heavy atom. The minimum absolute atomic E-state index is 0.0260. The molecule has 2 heterocycles. The van der Waals surface area contributed by atoms with Crippen LogP contribution < -0.4 is 15.2 Å². The first-order chi connectivity index (χ1) is 10.9. The van der Waals surface area contributed by atoms with Crippen molar-refractivity contribution in [2.24, 2.45) is 10.3 Å². The predicted molar refractivity (Wildman–Crippen MR) is 90.6 cm³/mol. The minimum atomic E-state index is -3.64. The van der Waals surface area contributed by atoms with E-state index in [-0.39, 0.29) is 14.9 Å². The van der Waals surface area contributed by atoms with Crippen LogP contribution in [0.25, 0.3) is 0 Å². The number of halogens is 1. The van der Waals surface area contributed by atoms with Gasteiger partial charge in [-0.15, -0.1) is 0 Å². The summed E-state index contributed by atoms with van der Waals surface area (Å²) in [5, 5.41) is 9.93. The number of nitrogens with zero attached hydrogens (tertiary/aromatic N) is 3. The van der Waals surface area contributed by atoms with E-state index < -0.39 is 20.0 Å². The molecule has 0 saturated carbocycles. The quantitative estimate of drug-likeness (QED) is 0.706. The Kier molecular flexibility index (Phi) is 6.63. The Labute approximate surface area is 145 Å². The molecule has 0 radical (unpaired) electrons. The van der Waals surface area contributed by atoms with E-state index in [0.717, 1.165) is 6.20 Å². The maximum absolute atomic E-state index is 10.8. The molecule has 12 heteroatoms. The number of hydrogen-bond acceptors (Lipinski definition) is 7. The summed E-state index contributed by atoms with van der Waals surface area (Å²) in [6, 6.07) is 5.68. The number of sulfonamides is 2. The molecule has 2 rings (SSSR count). The van der Waals surface area contributed by atoms with Crippen LogP contribution in [0.4, 0.5) is 5.82 Å². The third-order valence-electron chi connectivity index (χ3n) is 2.54. The summed E-state index contributed by atoms with van der Waals surface area (Å²) < 4.78 is 43.0. The van der Waals surface area contributed by atoms with Crippen molar-refractivity contribution >= 4 is 37.5 Å². The standard InChI is InChI=1S/C7H11N3O2S.C5H5ClN2O2S/c1-10(2)7-4-3-6(5-9-7)13(8,11)12;6-5-2-1-4(3-8-5)11(7,9)10/h3-5H,1-2H3,(H2,8,11,12);1-3H,(H2,7,9,10). The zero-order chi connectivity index (χ0) is 18.5. The van der Waals surface area contributed by atoms with Gasteiger partial charge in [-0.1, -0.05) is 11.6 Å². The molecule has 2 aromatic rings. The first kappa shape index (κ1) is 20.3. The molecule has 0 unspecified atom stereocenters. The Hall–Kier alpha value is -1.79. The van der Waals surface area contributed by atoms with Crippen molar-refractivity contribution in [3.63, 3.8) is 0 Å². The minimum Gasteiger partial charge on any atom is -0.363 e. The second kappa shape index (κ2) is 7.85. The zero-order valence-electron chi connectivity index (χ0n) is 12.8. The van der Waals surface area contributed by atoms with E-state index in [4.69, 9.17) is 21.9 Å². The van der Waals surface area contributed by atoms with Crippen LogP contribution in [0.15, 0.2) is 46.5 Å². The second-order valence-corrected chi connectivity index (χ2v) is 8.16. The van der Waals surface area contributed by atoms with E-state index in [1.807, 2.05) is 14.1 Å². The lowest BCUT2D eigenvalue weighted by Gasteiger charge is -2.10. The zero-order valence-corrected chi connectivity index (χ0v) is 15.2. The second-order valence-electron chi connectivity index (χ2n) is 4.65. The van der Waals surface area contributed by atoms with Crippen LogP contribution in [0, 0.1) is 0 Å². The molecule has 0 bridgehead atoms. The lowest BCUT2D eigenvalue weighted by molar-refractivity contribution is 0.595. The maximum atomic E-state index is 10.8. The number of anilines is 1. The Morgan fingerprint density at radius 1 is 0.875 bits per heavy atom. The van der Waals surface area contributed by atoms with Gasteiger partial charge < -0.3 is 4.90 Å². The molecule has 0 atom stereocenters. The predicted octanol–water partition coefficient (Wildman–Crippen LogP) is 0.177. The summed E-state index contributed by atoms with van der Waals surface area (Å²) in [5.74, 6) is 0.687. The third kappa shape index (κ3) is 6.37. The molecule has 0 saturated heterocycles. The average molecular weight is 394 g/mol. The Balaban J connectivity index is 0.000000243. The van der Waals surface area contributed by atoms with Gasteiger partial charge in [0.05, 0.1) is 0 Å². The van der Waals surface area contributed by atoms with Crippen molar-refractivity contribution in [1.29, 1.82) is 0 Å². The van der Waals surface area contributed by atoms with Crippen LogP contribution in [0.3, 0.4) is 0 Å². The molecule has 0 aliphatic carbocycles. The molecule has 0 fully saturated rings. The number of aromatic nitrogens is 2. The summed E-state index contributed by atoms with van der Waals surface area (Å²) in [5.41, 5.74) is 0. The van der Waals surface area contributed by atoms with Gasteiger partial charge in [0.1, 0.15) is 20.8 Å². The fourth-order valence-corrected chi connectivity index (χ4v) is 2.36. The van der Waals surface area contributed by atoms with Crippen LogP contribution in [-0.2, 0) is 20.0 Å². The molecule has 132 valence electrons. The summed E-state index contributed by atoms with van der Waals surface area (Å²) in [6.45, 7) is 0. The lowest BCUT2D eigenvalue weighted by Crippen LogP contribution is -2.14. The first-order valence-corrected chi connectivity index (χ1v) is 9.69. The van der Waals surface area contributed by atoms with Crippen molar-refractivity contribution in [3.05, 3.63) is 41.8 Å². The fourth-order valence-electron chi connectivity index (χ4n) is 1.34. The van der Waals surface area contributed by atoms with Gasteiger partial charge >= 0.3 is 0 Å². The van der Waals surface area contributed by atoms with Gasteiger partial charge in [-0.3, -0.25) is 0 Å². The SMILES string of the molecule is CN(C)c1ccc(S(N)(=O)=O)cn1.NS(=O)(=O)c1ccc(Cl)nc1. The topological polar surface area (TPSA) is 149 Å². The normalized spacial score (nSPS) is 11.4. The third-order valence-corrected chi connectivity index (χ3v) is 4.56. The molecule has 9 nitrogen and oxygen atoms in total. The Bertz CT molecular complexity index is 882. The molecular formula is C12H16ClN5O4S2. The van der Waals surface area contributed by atoms with Gasteiger partial charge in [0.15, 0.2) is 0 Å². The van der Waals surface area contributed by atoms with Crippen LogP contribution in [0.1, 0.15) is 0 Å². The number of primary sulfonamides is 2. The van der Waals surface area contributed by atoms with E-state index in [2.05, 4.69) is 9.97 Å². The van der Waals surface area contributed by atoms with Crippen LogP contribution in [0.5, 0.6) is 0 Å². The summed E-state index contributed by atoms with van der Waals surface area (Å²) in [6.07, 6.45) is 2.35. The average Bonchev–Trinajstić information content (AvgIpc) is 2.46. The number of nitrogens with two attached hydrogens (primary N) is 2. The van der Waals surface area contributed by atoms with Gasteiger partial charge in [0, 0.05) is 26.5 Å². The van der Waals surface area contributed by atoms with Crippen molar-refractivity contribution in [2.45, 2.75) is 9.79 Å². The number of hydrogen-bond donors (Lipinski definition) is 2. The summed E-state index contributed by atoms with van der Waals surface area (Å²) in [4.78, 5) is 9.22. The molecule has 0 aromatic carbocycles. The van der Waals surface area contributed by atoms with Gasteiger partial charge in [0.25, 0.3) is 0 Å². The summed E-state index contributed by atoms with van der Waals surface area (Å²) >= 11 is 5.42. The highest BCUT2D eigenvalue weighted by atomic mass is 35.5. The van der Waals surface area contributed by atoms with Gasteiger partial charge in [-0.25, -0.2) is 37.1 Å². The number of pyridine rings is 2. The van der Waals surface area contributed by atoms with Crippen molar-refractivity contribution in [1.82, 2.24) is 9.97 Å². The smallest absolute Gasteiger partial charge is 0.239 e. The van der Waals surface area contributed by atoms with Gasteiger partial charge in [0.2, 0.25) is 20.0 Å². The Morgan fingerprint density at radius 2 is 1.33 bits per heavy atom. The van der Waals surface area contributed by atoms with E-state index in [0.29, 0.717) is 5.82 Å². The van der Waals surface area contributed by atoms with Crippen molar-refractivity contribution in [2.75, 3.05) is 19.0 Å². The van der Waals surface area contributed by atoms with Gasteiger partial charge in [-0.05, 0) is 24.3 Å². The highest BCUT2D eigenvalue weighted by Crippen LogP contribution is 2.10.